The minimum atomic E-state index is 0.597. The van der Waals surface area contributed by atoms with E-state index in [9.17, 15) is 0 Å². The lowest BCUT2D eigenvalue weighted by Crippen LogP contribution is -2.58. The zero-order chi connectivity index (χ0) is 12.0. The first-order valence-electron chi connectivity index (χ1n) is 6.15. The monoisotopic (exact) mass is 295 g/mol. The molecule has 1 aromatic carbocycles. The molecule has 0 aliphatic carbocycles. The Bertz CT molecular complexity index is 447. The van der Waals surface area contributed by atoms with Crippen LogP contribution in [0, 0.1) is 6.92 Å². The Morgan fingerprint density at radius 1 is 1.41 bits per heavy atom. The van der Waals surface area contributed by atoms with Gasteiger partial charge in [-0.1, -0.05) is 0 Å². The summed E-state index contributed by atoms with van der Waals surface area (Å²) in [7, 11) is 2.19. The number of hydrogen-bond acceptors (Lipinski definition) is 3. The van der Waals surface area contributed by atoms with Crippen LogP contribution in [0.15, 0.2) is 16.6 Å². The Morgan fingerprint density at radius 2 is 2.24 bits per heavy atom. The molecule has 1 N–H and O–H groups in total. The molecule has 0 amide bonds. The van der Waals surface area contributed by atoms with E-state index in [0.717, 1.165) is 26.2 Å². The molecule has 1 fully saturated rings. The summed E-state index contributed by atoms with van der Waals surface area (Å²) in [6.45, 7) is 6.54. The third-order valence-electron chi connectivity index (χ3n) is 3.72. The molecule has 0 aromatic heterocycles. The highest BCUT2D eigenvalue weighted by Crippen LogP contribution is 2.41. The van der Waals surface area contributed by atoms with Gasteiger partial charge in [0.2, 0.25) is 0 Å². The van der Waals surface area contributed by atoms with Crippen molar-refractivity contribution in [1.82, 2.24) is 5.32 Å². The van der Waals surface area contributed by atoms with Crippen molar-refractivity contribution < 1.29 is 0 Å². The summed E-state index contributed by atoms with van der Waals surface area (Å²) in [6.07, 6.45) is 0. The summed E-state index contributed by atoms with van der Waals surface area (Å²) in [6, 6.07) is 5.11. The Kier molecular flexibility index (Phi) is 2.79. The largest absolute Gasteiger partial charge is 0.371 e. The van der Waals surface area contributed by atoms with Crippen molar-refractivity contribution in [3.8, 4) is 0 Å². The van der Waals surface area contributed by atoms with Gasteiger partial charge >= 0.3 is 0 Å². The van der Waals surface area contributed by atoms with E-state index in [4.69, 9.17) is 0 Å². The maximum absolute atomic E-state index is 3.73. The number of fused-ring (bicyclic) bond motifs is 3. The molecule has 0 bridgehead atoms. The number of likely N-dealkylation sites (N-methyl/N-ethyl adjacent to an activating group) is 1. The van der Waals surface area contributed by atoms with Gasteiger partial charge in [0, 0.05) is 37.7 Å². The van der Waals surface area contributed by atoms with E-state index in [2.05, 4.69) is 57.2 Å². The number of benzene rings is 1. The molecule has 3 rings (SSSR count). The molecular formula is C13H18BrN3. The zero-order valence-corrected chi connectivity index (χ0v) is 11.9. The van der Waals surface area contributed by atoms with Crippen LogP contribution < -0.4 is 15.1 Å². The molecule has 3 nitrogen and oxygen atoms in total. The average molecular weight is 296 g/mol. The molecule has 92 valence electrons. The maximum atomic E-state index is 3.73. The van der Waals surface area contributed by atoms with Crippen molar-refractivity contribution in [2.45, 2.75) is 13.0 Å². The van der Waals surface area contributed by atoms with Gasteiger partial charge in [-0.2, -0.15) is 0 Å². The molecular weight excluding hydrogens is 278 g/mol. The fourth-order valence-electron chi connectivity index (χ4n) is 2.92. The van der Waals surface area contributed by atoms with Gasteiger partial charge < -0.3 is 15.1 Å². The number of hydrogen-bond donors (Lipinski definition) is 1. The van der Waals surface area contributed by atoms with Crippen LogP contribution in [-0.4, -0.2) is 39.3 Å². The minimum Gasteiger partial charge on any atom is -0.371 e. The number of rotatable bonds is 0. The second kappa shape index (κ2) is 4.18. The first kappa shape index (κ1) is 11.4. The summed E-state index contributed by atoms with van der Waals surface area (Å²) >= 11 is 3.73. The Hall–Kier alpha value is -0.740. The standard InChI is InChI=1S/C13H18BrN3/c1-9-5-11(14)13-12(6-9)16(2)8-10-7-15-3-4-17(10)13/h5-6,10,15H,3-4,7-8H2,1-2H3. The third-order valence-corrected chi connectivity index (χ3v) is 4.33. The van der Waals surface area contributed by atoms with Gasteiger partial charge in [0.1, 0.15) is 0 Å². The summed E-state index contributed by atoms with van der Waals surface area (Å²) in [5.74, 6) is 0. The predicted octanol–water partition coefficient (Wildman–Crippen LogP) is 1.99. The van der Waals surface area contributed by atoms with E-state index >= 15 is 0 Å². The molecule has 0 saturated carbocycles. The van der Waals surface area contributed by atoms with Gasteiger partial charge in [-0.3, -0.25) is 0 Å². The van der Waals surface area contributed by atoms with Crippen LogP contribution in [0.2, 0.25) is 0 Å². The SMILES string of the molecule is Cc1cc(Br)c2c(c1)N(C)CC1CNCCN21. The van der Waals surface area contributed by atoms with E-state index in [1.807, 2.05) is 0 Å². The molecule has 17 heavy (non-hydrogen) atoms. The Balaban J connectivity index is 2.11. The molecule has 1 atom stereocenters. The number of piperazine rings is 1. The van der Waals surface area contributed by atoms with E-state index in [0.29, 0.717) is 6.04 Å². The van der Waals surface area contributed by atoms with Gasteiger partial charge in [-0.15, -0.1) is 0 Å². The number of aryl methyl sites for hydroxylation is 1. The van der Waals surface area contributed by atoms with Crippen LogP contribution in [0.5, 0.6) is 0 Å². The topological polar surface area (TPSA) is 18.5 Å². The highest BCUT2D eigenvalue weighted by molar-refractivity contribution is 9.10. The van der Waals surface area contributed by atoms with Crippen LogP contribution in [-0.2, 0) is 0 Å². The molecule has 1 saturated heterocycles. The van der Waals surface area contributed by atoms with Crippen molar-refractivity contribution in [3.63, 3.8) is 0 Å². The molecule has 1 aromatic rings. The third kappa shape index (κ3) is 1.83. The number of halogens is 1. The molecule has 0 radical (unpaired) electrons. The molecule has 0 spiro atoms. The molecule has 1 unspecified atom stereocenters. The van der Waals surface area contributed by atoms with E-state index < -0.39 is 0 Å². The number of nitrogens with zero attached hydrogens (tertiary/aromatic N) is 2. The zero-order valence-electron chi connectivity index (χ0n) is 10.3. The van der Waals surface area contributed by atoms with Crippen LogP contribution in [0.3, 0.4) is 0 Å². The van der Waals surface area contributed by atoms with Crippen molar-refractivity contribution in [2.24, 2.45) is 0 Å². The van der Waals surface area contributed by atoms with Crippen molar-refractivity contribution in [3.05, 3.63) is 22.2 Å². The quantitative estimate of drug-likeness (QED) is 0.790. The normalized spacial score (nSPS) is 23.4. The van der Waals surface area contributed by atoms with Crippen LogP contribution >= 0.6 is 15.9 Å². The number of nitrogens with one attached hydrogen (secondary N) is 1. The van der Waals surface area contributed by atoms with Crippen LogP contribution in [0.4, 0.5) is 11.4 Å². The molecule has 2 aliphatic rings. The van der Waals surface area contributed by atoms with E-state index in [-0.39, 0.29) is 0 Å². The van der Waals surface area contributed by atoms with Crippen LogP contribution in [0.1, 0.15) is 5.56 Å². The van der Waals surface area contributed by atoms with E-state index in [1.54, 1.807) is 0 Å². The fraction of sp³-hybridized carbons (Fsp3) is 0.538. The summed E-state index contributed by atoms with van der Waals surface area (Å²) < 4.78 is 1.23. The summed E-state index contributed by atoms with van der Waals surface area (Å²) in [5.41, 5.74) is 4.04. The smallest absolute Gasteiger partial charge is 0.0752 e. The second-order valence-corrected chi connectivity index (χ2v) is 5.90. The van der Waals surface area contributed by atoms with Gasteiger partial charge in [0.05, 0.1) is 17.4 Å². The first-order chi connectivity index (χ1) is 8.16. The molecule has 2 aliphatic heterocycles. The number of anilines is 2. The lowest BCUT2D eigenvalue weighted by atomic mass is 10.0. The Morgan fingerprint density at radius 3 is 3.06 bits per heavy atom. The van der Waals surface area contributed by atoms with Crippen molar-refractivity contribution in [1.29, 1.82) is 0 Å². The van der Waals surface area contributed by atoms with E-state index in [1.165, 1.54) is 21.4 Å². The highest BCUT2D eigenvalue weighted by atomic mass is 79.9. The summed E-state index contributed by atoms with van der Waals surface area (Å²) in [5, 5.41) is 3.48. The highest BCUT2D eigenvalue weighted by Gasteiger charge is 2.32. The maximum Gasteiger partial charge on any atom is 0.0752 e. The van der Waals surface area contributed by atoms with Crippen LogP contribution in [0.25, 0.3) is 0 Å². The lowest BCUT2D eigenvalue weighted by molar-refractivity contribution is 0.465. The fourth-order valence-corrected chi connectivity index (χ4v) is 3.72. The predicted molar refractivity (Wildman–Crippen MR) is 76.2 cm³/mol. The molecule has 4 heteroatoms. The first-order valence-corrected chi connectivity index (χ1v) is 6.95. The lowest BCUT2D eigenvalue weighted by Gasteiger charge is -2.46. The molecule has 2 heterocycles. The Labute approximate surface area is 111 Å². The van der Waals surface area contributed by atoms with Gasteiger partial charge in [-0.25, -0.2) is 0 Å². The van der Waals surface area contributed by atoms with Gasteiger partial charge in [0.25, 0.3) is 0 Å². The van der Waals surface area contributed by atoms with Crippen molar-refractivity contribution >= 4 is 27.3 Å². The van der Waals surface area contributed by atoms with Crippen molar-refractivity contribution in [2.75, 3.05) is 43.0 Å². The minimum absolute atomic E-state index is 0.597. The average Bonchev–Trinajstić information content (AvgIpc) is 2.29. The van der Waals surface area contributed by atoms with Gasteiger partial charge in [-0.05, 0) is 40.5 Å². The van der Waals surface area contributed by atoms with Gasteiger partial charge in [0.15, 0.2) is 0 Å². The second-order valence-electron chi connectivity index (χ2n) is 5.05. The summed E-state index contributed by atoms with van der Waals surface area (Å²) in [4.78, 5) is 4.93.